The molecular weight excluding hydrogens is 370 g/mol. The molecule has 4 nitrogen and oxygen atoms in total. The molecular formula is C26H19N3O. The first-order chi connectivity index (χ1) is 14.8. The number of benzene rings is 4. The summed E-state index contributed by atoms with van der Waals surface area (Å²) in [5, 5.41) is 9.96. The zero-order valence-electron chi connectivity index (χ0n) is 16.2. The first-order valence-corrected chi connectivity index (χ1v) is 9.79. The van der Waals surface area contributed by atoms with E-state index in [1.54, 1.807) is 4.68 Å². The number of rotatable bonds is 4. The fraction of sp³-hybridized carbons (Fsp3) is 0. The van der Waals surface area contributed by atoms with Gasteiger partial charge in [0, 0.05) is 11.3 Å². The van der Waals surface area contributed by atoms with Gasteiger partial charge in [-0.3, -0.25) is 4.79 Å². The Morgan fingerprint density at radius 3 is 2.13 bits per heavy atom. The van der Waals surface area contributed by atoms with Crippen LogP contribution in [0, 0.1) is 0 Å². The van der Waals surface area contributed by atoms with Crippen molar-refractivity contribution in [3.8, 4) is 16.9 Å². The van der Waals surface area contributed by atoms with Gasteiger partial charge in [-0.05, 0) is 41.1 Å². The van der Waals surface area contributed by atoms with E-state index < -0.39 is 0 Å². The van der Waals surface area contributed by atoms with Gasteiger partial charge in [-0.25, -0.2) is 4.68 Å². The van der Waals surface area contributed by atoms with Gasteiger partial charge in [0.15, 0.2) is 0 Å². The van der Waals surface area contributed by atoms with Crippen molar-refractivity contribution >= 4 is 22.4 Å². The molecule has 4 heteroatoms. The van der Waals surface area contributed by atoms with Crippen LogP contribution in [-0.2, 0) is 0 Å². The van der Waals surface area contributed by atoms with Crippen molar-refractivity contribution in [2.45, 2.75) is 0 Å². The second-order valence-corrected chi connectivity index (χ2v) is 7.04. The van der Waals surface area contributed by atoms with Crippen molar-refractivity contribution in [3.05, 3.63) is 115 Å². The molecule has 1 N–H and O–H groups in total. The van der Waals surface area contributed by atoms with Gasteiger partial charge in [-0.1, -0.05) is 78.9 Å². The van der Waals surface area contributed by atoms with Crippen molar-refractivity contribution in [1.29, 1.82) is 0 Å². The van der Waals surface area contributed by atoms with Gasteiger partial charge in [0.05, 0.1) is 11.4 Å². The Balaban J connectivity index is 1.54. The van der Waals surface area contributed by atoms with Gasteiger partial charge in [0.2, 0.25) is 0 Å². The van der Waals surface area contributed by atoms with Crippen LogP contribution in [0.5, 0.6) is 0 Å². The van der Waals surface area contributed by atoms with E-state index in [0.717, 1.165) is 33.4 Å². The van der Waals surface area contributed by atoms with Crippen LogP contribution in [0.15, 0.2) is 109 Å². The number of hydrogen-bond donors (Lipinski definition) is 1. The minimum absolute atomic E-state index is 0.205. The van der Waals surface area contributed by atoms with Crippen LogP contribution in [0.1, 0.15) is 10.5 Å². The highest BCUT2D eigenvalue weighted by atomic mass is 16.2. The minimum atomic E-state index is -0.205. The summed E-state index contributed by atoms with van der Waals surface area (Å²) in [5.41, 5.74) is 3.78. The summed E-state index contributed by atoms with van der Waals surface area (Å²) in [5.74, 6) is -0.205. The third-order valence-corrected chi connectivity index (χ3v) is 5.02. The minimum Gasteiger partial charge on any atom is -0.321 e. The molecule has 5 rings (SSSR count). The molecule has 5 aromatic rings. The number of carbonyl (C=O) groups excluding carboxylic acids is 1. The number of hydrogen-bond acceptors (Lipinski definition) is 2. The largest absolute Gasteiger partial charge is 0.321 e. The quantitative estimate of drug-likeness (QED) is 0.413. The molecule has 30 heavy (non-hydrogen) atoms. The summed E-state index contributed by atoms with van der Waals surface area (Å²) in [6.45, 7) is 0. The average molecular weight is 389 g/mol. The molecule has 4 aromatic carbocycles. The van der Waals surface area contributed by atoms with E-state index in [4.69, 9.17) is 5.10 Å². The van der Waals surface area contributed by atoms with Crippen molar-refractivity contribution in [2.24, 2.45) is 0 Å². The number of nitrogens with zero attached hydrogens (tertiary/aromatic N) is 2. The number of amides is 1. The third kappa shape index (κ3) is 3.47. The third-order valence-electron chi connectivity index (χ3n) is 5.02. The van der Waals surface area contributed by atoms with Crippen LogP contribution in [0.25, 0.3) is 27.7 Å². The smallest absolute Gasteiger partial charge is 0.274 e. The predicted molar refractivity (Wildman–Crippen MR) is 121 cm³/mol. The maximum atomic E-state index is 13.2. The van der Waals surface area contributed by atoms with Gasteiger partial charge in [0.1, 0.15) is 5.69 Å². The van der Waals surface area contributed by atoms with Crippen molar-refractivity contribution in [1.82, 2.24) is 9.78 Å². The average Bonchev–Trinajstić information content (AvgIpc) is 3.26. The summed E-state index contributed by atoms with van der Waals surface area (Å²) in [6, 6.07) is 35.4. The first-order valence-electron chi connectivity index (χ1n) is 9.79. The number of para-hydroxylation sites is 1. The van der Waals surface area contributed by atoms with Crippen molar-refractivity contribution in [2.75, 3.05) is 5.32 Å². The van der Waals surface area contributed by atoms with Crippen LogP contribution in [0.2, 0.25) is 0 Å². The normalized spacial score (nSPS) is 10.8. The Kier molecular flexibility index (Phi) is 4.58. The van der Waals surface area contributed by atoms with Gasteiger partial charge in [0.25, 0.3) is 5.91 Å². The Labute approximate surface area is 174 Å². The van der Waals surface area contributed by atoms with E-state index in [1.807, 2.05) is 103 Å². The van der Waals surface area contributed by atoms with Gasteiger partial charge < -0.3 is 5.32 Å². The number of aromatic nitrogens is 2. The molecule has 0 fully saturated rings. The van der Waals surface area contributed by atoms with Crippen LogP contribution >= 0.6 is 0 Å². The maximum Gasteiger partial charge on any atom is 0.274 e. The summed E-state index contributed by atoms with van der Waals surface area (Å²) in [6.07, 6.45) is 0. The Bertz CT molecular complexity index is 1320. The van der Waals surface area contributed by atoms with Gasteiger partial charge in [-0.2, -0.15) is 5.10 Å². The molecule has 0 aliphatic heterocycles. The number of fused-ring (bicyclic) bond motifs is 1. The fourth-order valence-corrected chi connectivity index (χ4v) is 3.52. The lowest BCUT2D eigenvalue weighted by Gasteiger charge is -2.09. The summed E-state index contributed by atoms with van der Waals surface area (Å²) in [7, 11) is 0. The van der Waals surface area contributed by atoms with Crippen LogP contribution < -0.4 is 5.32 Å². The second-order valence-electron chi connectivity index (χ2n) is 7.04. The van der Waals surface area contributed by atoms with Crippen LogP contribution in [0.4, 0.5) is 5.69 Å². The lowest BCUT2D eigenvalue weighted by molar-refractivity contribution is 0.101. The first kappa shape index (κ1) is 17.9. The summed E-state index contributed by atoms with van der Waals surface area (Å²) >= 11 is 0. The Hall–Kier alpha value is -4.18. The van der Waals surface area contributed by atoms with E-state index in [1.165, 1.54) is 0 Å². The number of nitrogens with one attached hydrogen (secondary N) is 1. The number of anilines is 1. The summed E-state index contributed by atoms with van der Waals surface area (Å²) < 4.78 is 1.69. The van der Waals surface area contributed by atoms with E-state index in [9.17, 15) is 4.79 Å². The standard InChI is InChI=1S/C26H19N3O/c30-26(27-22-16-15-19-9-7-8-12-21(19)17-22)25-18-24(20-10-3-1-4-11-20)28-29(25)23-13-5-2-6-14-23/h1-18H,(H,27,30). The molecule has 144 valence electrons. The fourth-order valence-electron chi connectivity index (χ4n) is 3.52. The number of carbonyl (C=O) groups is 1. The molecule has 1 amide bonds. The maximum absolute atomic E-state index is 13.2. The van der Waals surface area contributed by atoms with Crippen LogP contribution in [0.3, 0.4) is 0 Å². The zero-order chi connectivity index (χ0) is 20.3. The monoisotopic (exact) mass is 389 g/mol. The second kappa shape index (κ2) is 7.68. The molecule has 0 atom stereocenters. The zero-order valence-corrected chi connectivity index (χ0v) is 16.2. The predicted octanol–water partition coefficient (Wildman–Crippen LogP) is 5.94. The van der Waals surface area contributed by atoms with E-state index in [0.29, 0.717) is 5.69 Å². The Morgan fingerprint density at radius 2 is 1.37 bits per heavy atom. The molecule has 0 aliphatic rings. The summed E-state index contributed by atoms with van der Waals surface area (Å²) in [4.78, 5) is 13.2. The lowest BCUT2D eigenvalue weighted by atomic mass is 10.1. The van der Waals surface area contributed by atoms with Gasteiger partial charge >= 0.3 is 0 Å². The molecule has 0 unspecified atom stereocenters. The van der Waals surface area contributed by atoms with Crippen molar-refractivity contribution in [3.63, 3.8) is 0 Å². The van der Waals surface area contributed by atoms with E-state index in [2.05, 4.69) is 11.4 Å². The van der Waals surface area contributed by atoms with E-state index in [-0.39, 0.29) is 5.91 Å². The van der Waals surface area contributed by atoms with Gasteiger partial charge in [-0.15, -0.1) is 0 Å². The Morgan fingerprint density at radius 1 is 0.700 bits per heavy atom. The highest BCUT2D eigenvalue weighted by Crippen LogP contribution is 2.24. The highest BCUT2D eigenvalue weighted by molar-refractivity contribution is 6.05. The molecule has 1 aromatic heterocycles. The topological polar surface area (TPSA) is 46.9 Å². The SMILES string of the molecule is O=C(Nc1ccc2ccccc2c1)c1cc(-c2ccccc2)nn1-c1ccccc1. The molecule has 0 bridgehead atoms. The van der Waals surface area contributed by atoms with Crippen molar-refractivity contribution < 1.29 is 4.79 Å². The molecule has 0 saturated heterocycles. The van der Waals surface area contributed by atoms with Crippen LogP contribution in [-0.4, -0.2) is 15.7 Å². The van der Waals surface area contributed by atoms with E-state index >= 15 is 0 Å². The molecule has 0 radical (unpaired) electrons. The lowest BCUT2D eigenvalue weighted by Crippen LogP contribution is -2.16. The molecule has 0 spiro atoms. The highest BCUT2D eigenvalue weighted by Gasteiger charge is 2.18. The molecule has 1 heterocycles. The molecule has 0 aliphatic carbocycles. The molecule has 0 saturated carbocycles.